The van der Waals surface area contributed by atoms with Crippen LogP contribution >= 0.6 is 0 Å². The van der Waals surface area contributed by atoms with Gasteiger partial charge in [0.1, 0.15) is 5.58 Å². The third-order valence-corrected chi connectivity index (χ3v) is 2.65. The normalized spacial score (nSPS) is 10.8. The van der Waals surface area contributed by atoms with Crippen LogP contribution in [0.15, 0.2) is 58.5 Å². The van der Waals surface area contributed by atoms with Crippen LogP contribution in [0, 0.1) is 0 Å². The molecule has 2 heterocycles. The molecule has 4 heteroatoms. The number of fused-ring (bicyclic) bond motifs is 1. The van der Waals surface area contributed by atoms with Crippen LogP contribution in [0.3, 0.4) is 0 Å². The first kappa shape index (κ1) is 9.84. The summed E-state index contributed by atoms with van der Waals surface area (Å²) in [6.07, 6.45) is 6.81. The van der Waals surface area contributed by atoms with Gasteiger partial charge in [0, 0.05) is 25.0 Å². The molecule has 0 N–H and O–H groups in total. The van der Waals surface area contributed by atoms with Crippen molar-refractivity contribution >= 4 is 11.0 Å². The van der Waals surface area contributed by atoms with Gasteiger partial charge in [-0.2, -0.15) is 0 Å². The van der Waals surface area contributed by atoms with Crippen molar-refractivity contribution in [2.75, 3.05) is 0 Å². The van der Waals surface area contributed by atoms with Gasteiger partial charge in [0.05, 0.1) is 18.0 Å². The van der Waals surface area contributed by atoms with Crippen LogP contribution in [0.4, 0.5) is 0 Å². The minimum Gasteiger partial charge on any atom is -0.464 e. The Morgan fingerprint density at radius 2 is 2.24 bits per heavy atom. The fourth-order valence-electron chi connectivity index (χ4n) is 1.82. The van der Waals surface area contributed by atoms with E-state index in [9.17, 15) is 4.79 Å². The average Bonchev–Trinajstić information content (AvgIpc) is 2.82. The lowest BCUT2D eigenvalue weighted by molar-refractivity contribution is 0.601. The molecule has 3 rings (SSSR count). The summed E-state index contributed by atoms with van der Waals surface area (Å²) < 4.78 is 7.29. The van der Waals surface area contributed by atoms with E-state index in [2.05, 4.69) is 4.98 Å². The van der Waals surface area contributed by atoms with E-state index >= 15 is 0 Å². The molecule has 3 aromatic rings. The van der Waals surface area contributed by atoms with Crippen LogP contribution in [0.25, 0.3) is 11.0 Å². The summed E-state index contributed by atoms with van der Waals surface area (Å²) in [5.41, 5.74) is 1.68. The largest absolute Gasteiger partial charge is 0.464 e. The van der Waals surface area contributed by atoms with Crippen molar-refractivity contribution < 1.29 is 4.42 Å². The van der Waals surface area contributed by atoms with Crippen LogP contribution in [-0.4, -0.2) is 9.55 Å². The molecule has 0 fully saturated rings. The SMILES string of the molecule is O=c1ccoc2cc(Cn3ccnc3)ccc12. The first-order valence-corrected chi connectivity index (χ1v) is 5.29. The molecule has 17 heavy (non-hydrogen) atoms. The van der Waals surface area contributed by atoms with Gasteiger partial charge in [0.2, 0.25) is 0 Å². The summed E-state index contributed by atoms with van der Waals surface area (Å²) >= 11 is 0. The lowest BCUT2D eigenvalue weighted by Gasteiger charge is -2.03. The predicted octanol–water partition coefficient (Wildman–Crippen LogP) is 2.04. The van der Waals surface area contributed by atoms with Gasteiger partial charge >= 0.3 is 0 Å². The Morgan fingerprint density at radius 1 is 1.29 bits per heavy atom. The van der Waals surface area contributed by atoms with Crippen LogP contribution in [-0.2, 0) is 6.54 Å². The lowest BCUT2D eigenvalue weighted by Crippen LogP contribution is -2.00. The van der Waals surface area contributed by atoms with Crippen molar-refractivity contribution in [2.45, 2.75) is 6.54 Å². The highest BCUT2D eigenvalue weighted by Gasteiger charge is 2.01. The highest BCUT2D eigenvalue weighted by Crippen LogP contribution is 2.13. The highest BCUT2D eigenvalue weighted by molar-refractivity contribution is 5.76. The number of hydrogen-bond acceptors (Lipinski definition) is 3. The number of aromatic nitrogens is 2. The summed E-state index contributed by atoms with van der Waals surface area (Å²) in [6.45, 7) is 0.717. The van der Waals surface area contributed by atoms with Gasteiger partial charge in [-0.15, -0.1) is 0 Å². The van der Waals surface area contributed by atoms with Crippen LogP contribution in [0.2, 0.25) is 0 Å². The van der Waals surface area contributed by atoms with Crippen molar-refractivity contribution in [3.63, 3.8) is 0 Å². The van der Waals surface area contributed by atoms with Gasteiger partial charge in [-0.25, -0.2) is 4.98 Å². The van der Waals surface area contributed by atoms with E-state index in [1.54, 1.807) is 18.6 Å². The van der Waals surface area contributed by atoms with E-state index in [1.807, 2.05) is 22.9 Å². The van der Waals surface area contributed by atoms with E-state index in [4.69, 9.17) is 4.42 Å². The Kier molecular flexibility index (Phi) is 2.26. The smallest absolute Gasteiger partial charge is 0.192 e. The molecule has 0 spiro atoms. The zero-order chi connectivity index (χ0) is 11.7. The van der Waals surface area contributed by atoms with Crippen molar-refractivity contribution in [3.8, 4) is 0 Å². The van der Waals surface area contributed by atoms with Crippen molar-refractivity contribution in [2.24, 2.45) is 0 Å². The van der Waals surface area contributed by atoms with Gasteiger partial charge in [0.15, 0.2) is 5.43 Å². The summed E-state index contributed by atoms with van der Waals surface area (Å²) in [6, 6.07) is 7.04. The number of rotatable bonds is 2. The molecule has 0 radical (unpaired) electrons. The molecule has 0 amide bonds. The molecule has 0 atom stereocenters. The molecule has 84 valence electrons. The minimum absolute atomic E-state index is 0.0135. The quantitative estimate of drug-likeness (QED) is 0.671. The molecule has 0 bridgehead atoms. The van der Waals surface area contributed by atoms with Gasteiger partial charge in [-0.3, -0.25) is 4.79 Å². The molecule has 2 aromatic heterocycles. The second-order valence-electron chi connectivity index (χ2n) is 3.85. The van der Waals surface area contributed by atoms with Gasteiger partial charge in [-0.1, -0.05) is 6.07 Å². The van der Waals surface area contributed by atoms with Crippen molar-refractivity contribution in [1.29, 1.82) is 0 Å². The molecule has 0 saturated heterocycles. The predicted molar refractivity (Wildman–Crippen MR) is 63.8 cm³/mol. The third kappa shape index (κ3) is 1.85. The highest BCUT2D eigenvalue weighted by atomic mass is 16.3. The number of hydrogen-bond donors (Lipinski definition) is 0. The van der Waals surface area contributed by atoms with Gasteiger partial charge in [-0.05, 0) is 17.7 Å². The maximum Gasteiger partial charge on any atom is 0.192 e. The second-order valence-corrected chi connectivity index (χ2v) is 3.85. The van der Waals surface area contributed by atoms with Crippen molar-refractivity contribution in [1.82, 2.24) is 9.55 Å². The van der Waals surface area contributed by atoms with Gasteiger partial charge in [0.25, 0.3) is 0 Å². The first-order chi connectivity index (χ1) is 8.33. The monoisotopic (exact) mass is 226 g/mol. The van der Waals surface area contributed by atoms with E-state index in [0.717, 1.165) is 5.56 Å². The van der Waals surface area contributed by atoms with E-state index in [0.29, 0.717) is 17.5 Å². The topological polar surface area (TPSA) is 48.0 Å². The first-order valence-electron chi connectivity index (χ1n) is 5.29. The standard InChI is InChI=1S/C13H10N2O2/c16-12-3-6-17-13-7-10(1-2-11(12)13)8-15-5-4-14-9-15/h1-7,9H,8H2. The zero-order valence-electron chi connectivity index (χ0n) is 9.04. The van der Waals surface area contributed by atoms with E-state index in [-0.39, 0.29) is 5.43 Å². The van der Waals surface area contributed by atoms with Gasteiger partial charge < -0.3 is 8.98 Å². The Labute approximate surface area is 97.1 Å². The Morgan fingerprint density at radius 3 is 3.06 bits per heavy atom. The minimum atomic E-state index is -0.0135. The maximum atomic E-state index is 11.5. The Hall–Kier alpha value is -2.36. The average molecular weight is 226 g/mol. The lowest BCUT2D eigenvalue weighted by atomic mass is 10.1. The fraction of sp³-hybridized carbons (Fsp3) is 0.0769. The zero-order valence-corrected chi connectivity index (χ0v) is 9.04. The summed E-state index contributed by atoms with van der Waals surface area (Å²) in [5, 5.41) is 0.613. The molecular formula is C13H10N2O2. The van der Waals surface area contributed by atoms with E-state index < -0.39 is 0 Å². The van der Waals surface area contributed by atoms with Crippen LogP contribution in [0.5, 0.6) is 0 Å². The molecule has 0 aliphatic rings. The van der Waals surface area contributed by atoms with E-state index in [1.165, 1.54) is 12.3 Å². The summed E-state index contributed by atoms with van der Waals surface area (Å²) in [4.78, 5) is 15.5. The third-order valence-electron chi connectivity index (χ3n) is 2.65. The van der Waals surface area contributed by atoms with Crippen LogP contribution in [0.1, 0.15) is 5.56 Å². The molecule has 0 unspecified atom stereocenters. The Balaban J connectivity index is 2.05. The second kappa shape index (κ2) is 3.90. The Bertz CT molecular complexity index is 699. The molecule has 0 saturated carbocycles. The number of benzene rings is 1. The number of imidazole rings is 1. The maximum absolute atomic E-state index is 11.5. The summed E-state index contributed by atoms with van der Waals surface area (Å²) in [7, 11) is 0. The molecule has 4 nitrogen and oxygen atoms in total. The summed E-state index contributed by atoms with van der Waals surface area (Å²) in [5.74, 6) is 0. The molecule has 1 aromatic carbocycles. The fourth-order valence-corrected chi connectivity index (χ4v) is 1.82. The molecule has 0 aliphatic carbocycles. The number of nitrogens with zero attached hydrogens (tertiary/aromatic N) is 2. The molecular weight excluding hydrogens is 216 g/mol. The van der Waals surface area contributed by atoms with Crippen LogP contribution < -0.4 is 5.43 Å². The van der Waals surface area contributed by atoms with Crippen molar-refractivity contribution in [3.05, 3.63) is 65.0 Å². The molecule has 0 aliphatic heterocycles.